The minimum Gasteiger partial charge on any atom is -0.462 e. The van der Waals surface area contributed by atoms with Gasteiger partial charge in [-0.1, -0.05) is 272 Å². The molecule has 0 rings (SSSR count). The van der Waals surface area contributed by atoms with Crippen LogP contribution in [-0.4, -0.2) is 37.2 Å². The Balaban J connectivity index is 4.38. The van der Waals surface area contributed by atoms with Gasteiger partial charge >= 0.3 is 17.9 Å². The Morgan fingerprint density at radius 2 is 0.549 bits per heavy atom. The number of unbranched alkanes of at least 4 members (excludes halogenated alkanes) is 26. The highest BCUT2D eigenvalue weighted by Gasteiger charge is 2.19. The fraction of sp³-hybridized carbons (Fsp3) is 0.708. The van der Waals surface area contributed by atoms with E-state index in [9.17, 15) is 14.4 Å². The molecule has 0 heterocycles. The molecule has 6 heteroatoms. The van der Waals surface area contributed by atoms with E-state index in [0.717, 1.165) is 109 Å². The number of rotatable bonds is 53. The second-order valence-electron chi connectivity index (χ2n) is 19.5. The summed E-state index contributed by atoms with van der Waals surface area (Å²) in [7, 11) is 0. The first-order chi connectivity index (χ1) is 35.0. The van der Waals surface area contributed by atoms with Gasteiger partial charge in [0, 0.05) is 19.3 Å². The highest BCUT2D eigenvalue weighted by atomic mass is 16.6. The predicted molar refractivity (Wildman–Crippen MR) is 307 cm³/mol. The molecular weight excluding hydrogens is 877 g/mol. The topological polar surface area (TPSA) is 78.9 Å². The van der Waals surface area contributed by atoms with Crippen LogP contribution in [-0.2, 0) is 28.6 Å². The SMILES string of the molecule is CC/C=C\C/C=C\C/C=C\C/C=C\C/C=C\C/C=C\C/C=C\C/C=C\CCCCC(=O)OCC(COC(=O)CCCCCCCCCCCCCC)OC(=O)CCCCCCCCCCCCCCCC. The standard InChI is InChI=1S/C65H110O6/c1-4-7-10-13-16-19-22-25-27-28-29-30-31-32-33-34-35-36-37-38-39-41-43-46-49-52-55-58-64(67)70-61-62(60-69-63(66)57-54-51-48-45-42-24-21-18-15-12-9-6-3)71-65(68)59-56-53-50-47-44-40-26-23-20-17-14-11-8-5-2/h7,10,16,19,25,27,29-30,32-33,35-36,38-39,43,46,62H,4-6,8-9,11-15,17-18,20-24,26,28,31,34,37,40-42,44-45,47-61H2,1-3H3/b10-7-,19-16-,27-25-,30-29-,33-32-,36-35-,39-38-,46-43-. The summed E-state index contributed by atoms with van der Waals surface area (Å²) in [5, 5.41) is 0. The van der Waals surface area contributed by atoms with Crippen molar-refractivity contribution in [3.8, 4) is 0 Å². The molecule has 0 aliphatic heterocycles. The lowest BCUT2D eigenvalue weighted by Crippen LogP contribution is -2.30. The van der Waals surface area contributed by atoms with Crippen molar-refractivity contribution in [1.29, 1.82) is 0 Å². The Bertz CT molecular complexity index is 1410. The normalized spacial score (nSPS) is 12.8. The highest BCUT2D eigenvalue weighted by Crippen LogP contribution is 2.16. The average Bonchev–Trinajstić information content (AvgIpc) is 3.37. The van der Waals surface area contributed by atoms with Gasteiger partial charge in [-0.25, -0.2) is 0 Å². The van der Waals surface area contributed by atoms with Crippen molar-refractivity contribution in [2.24, 2.45) is 0 Å². The fourth-order valence-electron chi connectivity index (χ4n) is 8.16. The van der Waals surface area contributed by atoms with Crippen LogP contribution in [0.3, 0.4) is 0 Å². The molecule has 0 radical (unpaired) electrons. The van der Waals surface area contributed by atoms with Crippen LogP contribution in [0.15, 0.2) is 97.2 Å². The van der Waals surface area contributed by atoms with E-state index in [1.165, 1.54) is 128 Å². The van der Waals surface area contributed by atoms with Crippen molar-refractivity contribution in [1.82, 2.24) is 0 Å². The Morgan fingerprint density at radius 1 is 0.296 bits per heavy atom. The molecule has 0 saturated carbocycles. The third-order valence-corrected chi connectivity index (χ3v) is 12.6. The molecule has 71 heavy (non-hydrogen) atoms. The molecule has 0 amide bonds. The summed E-state index contributed by atoms with van der Waals surface area (Å²) in [5.41, 5.74) is 0. The average molecular weight is 988 g/mol. The third kappa shape index (κ3) is 57.1. The van der Waals surface area contributed by atoms with Gasteiger partial charge in [0.15, 0.2) is 6.10 Å². The van der Waals surface area contributed by atoms with Crippen LogP contribution in [0.1, 0.15) is 278 Å². The van der Waals surface area contributed by atoms with Crippen molar-refractivity contribution in [3.05, 3.63) is 97.2 Å². The first kappa shape index (κ1) is 67.3. The van der Waals surface area contributed by atoms with Gasteiger partial charge in [-0.3, -0.25) is 14.4 Å². The van der Waals surface area contributed by atoms with E-state index in [1.54, 1.807) is 0 Å². The Hall–Kier alpha value is -3.67. The molecular formula is C65H110O6. The maximum Gasteiger partial charge on any atom is 0.306 e. The summed E-state index contributed by atoms with van der Waals surface area (Å²) in [6.45, 7) is 6.50. The molecule has 0 spiro atoms. The maximum atomic E-state index is 12.8. The van der Waals surface area contributed by atoms with Crippen molar-refractivity contribution < 1.29 is 28.6 Å². The quantitative estimate of drug-likeness (QED) is 0.0261. The first-order valence-electron chi connectivity index (χ1n) is 29.7. The summed E-state index contributed by atoms with van der Waals surface area (Å²) < 4.78 is 16.8. The lowest BCUT2D eigenvalue weighted by molar-refractivity contribution is -0.167. The molecule has 1 atom stereocenters. The van der Waals surface area contributed by atoms with Gasteiger partial charge in [-0.2, -0.15) is 0 Å². The fourth-order valence-corrected chi connectivity index (χ4v) is 8.16. The lowest BCUT2D eigenvalue weighted by atomic mass is 10.0. The van der Waals surface area contributed by atoms with Gasteiger partial charge < -0.3 is 14.2 Å². The largest absolute Gasteiger partial charge is 0.462 e. The van der Waals surface area contributed by atoms with Crippen LogP contribution in [0.25, 0.3) is 0 Å². The summed E-state index contributed by atoms with van der Waals surface area (Å²) in [6.07, 6.45) is 78.3. The molecule has 6 nitrogen and oxygen atoms in total. The summed E-state index contributed by atoms with van der Waals surface area (Å²) in [4.78, 5) is 38.1. The van der Waals surface area contributed by atoms with Crippen molar-refractivity contribution in [2.75, 3.05) is 13.2 Å². The van der Waals surface area contributed by atoms with Gasteiger partial charge in [-0.05, 0) is 83.5 Å². The van der Waals surface area contributed by atoms with Gasteiger partial charge in [0.05, 0.1) is 0 Å². The zero-order valence-corrected chi connectivity index (χ0v) is 46.5. The zero-order chi connectivity index (χ0) is 51.4. The molecule has 0 N–H and O–H groups in total. The summed E-state index contributed by atoms with van der Waals surface area (Å²) in [6, 6.07) is 0. The Labute approximate surface area is 438 Å². The zero-order valence-electron chi connectivity index (χ0n) is 46.5. The minimum absolute atomic E-state index is 0.0878. The molecule has 0 aliphatic rings. The van der Waals surface area contributed by atoms with E-state index in [4.69, 9.17) is 14.2 Å². The molecule has 406 valence electrons. The van der Waals surface area contributed by atoms with E-state index in [2.05, 4.69) is 118 Å². The molecule has 0 aromatic heterocycles. The molecule has 0 aliphatic carbocycles. The van der Waals surface area contributed by atoms with Crippen molar-refractivity contribution in [3.63, 3.8) is 0 Å². The van der Waals surface area contributed by atoms with Crippen molar-refractivity contribution in [2.45, 2.75) is 284 Å². The minimum atomic E-state index is -0.792. The van der Waals surface area contributed by atoms with Crippen LogP contribution < -0.4 is 0 Å². The Kier molecular flexibility index (Phi) is 55.9. The van der Waals surface area contributed by atoms with E-state index in [0.29, 0.717) is 19.3 Å². The lowest BCUT2D eigenvalue weighted by Gasteiger charge is -2.18. The third-order valence-electron chi connectivity index (χ3n) is 12.6. The number of carbonyl (C=O) groups excluding carboxylic acids is 3. The number of hydrogen-bond acceptors (Lipinski definition) is 6. The molecule has 1 unspecified atom stereocenters. The van der Waals surface area contributed by atoms with Gasteiger partial charge in [-0.15, -0.1) is 0 Å². The summed E-state index contributed by atoms with van der Waals surface area (Å²) in [5.74, 6) is -0.927. The maximum absolute atomic E-state index is 12.8. The van der Waals surface area contributed by atoms with Gasteiger partial charge in [0.2, 0.25) is 0 Å². The van der Waals surface area contributed by atoms with Crippen molar-refractivity contribution >= 4 is 17.9 Å². The number of carbonyl (C=O) groups is 3. The molecule has 0 aromatic carbocycles. The van der Waals surface area contributed by atoms with Gasteiger partial charge in [0.25, 0.3) is 0 Å². The second kappa shape index (κ2) is 58.9. The van der Waals surface area contributed by atoms with Crippen LogP contribution in [0.4, 0.5) is 0 Å². The first-order valence-corrected chi connectivity index (χ1v) is 29.7. The monoisotopic (exact) mass is 987 g/mol. The van der Waals surface area contributed by atoms with Crippen LogP contribution in [0.5, 0.6) is 0 Å². The van der Waals surface area contributed by atoms with E-state index in [-0.39, 0.29) is 31.1 Å². The summed E-state index contributed by atoms with van der Waals surface area (Å²) >= 11 is 0. The van der Waals surface area contributed by atoms with Crippen LogP contribution >= 0.6 is 0 Å². The second-order valence-corrected chi connectivity index (χ2v) is 19.5. The van der Waals surface area contributed by atoms with E-state index >= 15 is 0 Å². The molecule has 0 bridgehead atoms. The molecule has 0 aromatic rings. The number of hydrogen-bond donors (Lipinski definition) is 0. The predicted octanol–water partition coefficient (Wildman–Crippen LogP) is 20.1. The molecule has 0 saturated heterocycles. The van der Waals surface area contributed by atoms with E-state index in [1.807, 2.05) is 0 Å². The van der Waals surface area contributed by atoms with Crippen LogP contribution in [0, 0.1) is 0 Å². The number of allylic oxidation sites excluding steroid dienone is 16. The number of esters is 3. The highest BCUT2D eigenvalue weighted by molar-refractivity contribution is 5.71. The Morgan fingerprint density at radius 3 is 0.859 bits per heavy atom. The van der Waals surface area contributed by atoms with Crippen LogP contribution in [0.2, 0.25) is 0 Å². The smallest absolute Gasteiger partial charge is 0.306 e. The molecule has 0 fully saturated rings. The number of ether oxygens (including phenoxy) is 3. The van der Waals surface area contributed by atoms with Gasteiger partial charge in [0.1, 0.15) is 13.2 Å². The van der Waals surface area contributed by atoms with E-state index < -0.39 is 6.10 Å².